The summed E-state index contributed by atoms with van der Waals surface area (Å²) in [6, 6.07) is 13.5. The number of hydrogen-bond donors (Lipinski definition) is 3. The number of hydrogen-bond acceptors (Lipinski definition) is 6. The molecule has 1 amide bonds. The van der Waals surface area contributed by atoms with Crippen molar-refractivity contribution in [1.82, 2.24) is 20.3 Å². The fourth-order valence-electron chi connectivity index (χ4n) is 3.54. The van der Waals surface area contributed by atoms with Crippen LogP contribution in [0.1, 0.15) is 36.3 Å². The van der Waals surface area contributed by atoms with E-state index in [0.29, 0.717) is 11.8 Å². The Kier molecular flexibility index (Phi) is 6.25. The van der Waals surface area contributed by atoms with Crippen molar-refractivity contribution in [3.63, 3.8) is 0 Å². The molecule has 3 aromatic rings. The van der Waals surface area contributed by atoms with E-state index < -0.39 is 0 Å². The SMILES string of the molecule is CC(=O)Nc1cccc(Nc2ncnc(C3CC(c4ccc(Cl)cc4)=CCN3)n2)c1C. The number of amides is 1. The van der Waals surface area contributed by atoms with Gasteiger partial charge in [-0.3, -0.25) is 4.79 Å². The smallest absolute Gasteiger partial charge is 0.230 e. The number of nitrogens with zero attached hydrogens (tertiary/aromatic N) is 3. The van der Waals surface area contributed by atoms with Crippen molar-refractivity contribution >= 4 is 40.4 Å². The molecule has 0 saturated carbocycles. The number of nitrogens with one attached hydrogen (secondary N) is 3. The topological polar surface area (TPSA) is 91.8 Å². The van der Waals surface area contributed by atoms with E-state index in [1.165, 1.54) is 18.8 Å². The maximum Gasteiger partial charge on any atom is 0.230 e. The molecule has 3 N–H and O–H groups in total. The molecule has 4 rings (SSSR count). The quantitative estimate of drug-likeness (QED) is 0.541. The zero-order valence-corrected chi connectivity index (χ0v) is 18.1. The van der Waals surface area contributed by atoms with Gasteiger partial charge in [0.15, 0.2) is 5.82 Å². The first kappa shape index (κ1) is 21.0. The van der Waals surface area contributed by atoms with Crippen molar-refractivity contribution in [2.24, 2.45) is 0 Å². The van der Waals surface area contributed by atoms with E-state index in [9.17, 15) is 4.79 Å². The number of halogens is 1. The van der Waals surface area contributed by atoms with E-state index in [1.54, 1.807) is 0 Å². The van der Waals surface area contributed by atoms with Gasteiger partial charge in [0.25, 0.3) is 0 Å². The molecule has 8 heteroatoms. The molecular weight excluding hydrogens is 412 g/mol. The molecule has 2 heterocycles. The molecule has 158 valence electrons. The molecule has 1 atom stereocenters. The average Bonchev–Trinajstić information content (AvgIpc) is 2.77. The summed E-state index contributed by atoms with van der Waals surface area (Å²) in [5.41, 5.74) is 4.85. The Bertz CT molecular complexity index is 1130. The highest BCUT2D eigenvalue weighted by Crippen LogP contribution is 2.30. The molecule has 0 saturated heterocycles. The van der Waals surface area contributed by atoms with Gasteiger partial charge in [0.2, 0.25) is 11.9 Å². The lowest BCUT2D eigenvalue weighted by atomic mass is 9.95. The van der Waals surface area contributed by atoms with E-state index in [4.69, 9.17) is 11.6 Å². The van der Waals surface area contributed by atoms with Gasteiger partial charge in [-0.2, -0.15) is 4.98 Å². The monoisotopic (exact) mass is 434 g/mol. The summed E-state index contributed by atoms with van der Waals surface area (Å²) in [6.07, 6.45) is 4.46. The van der Waals surface area contributed by atoms with Crippen LogP contribution in [0.15, 0.2) is 54.9 Å². The molecule has 0 aliphatic carbocycles. The van der Waals surface area contributed by atoms with Gasteiger partial charge in [-0.15, -0.1) is 0 Å². The third-order valence-electron chi connectivity index (χ3n) is 5.14. The van der Waals surface area contributed by atoms with E-state index in [-0.39, 0.29) is 11.9 Å². The third-order valence-corrected chi connectivity index (χ3v) is 5.40. The van der Waals surface area contributed by atoms with E-state index in [0.717, 1.165) is 40.5 Å². The van der Waals surface area contributed by atoms with Crippen molar-refractivity contribution in [2.75, 3.05) is 17.2 Å². The molecule has 0 radical (unpaired) electrons. The highest BCUT2D eigenvalue weighted by Gasteiger charge is 2.21. The Morgan fingerprint density at radius 2 is 1.90 bits per heavy atom. The molecule has 7 nitrogen and oxygen atoms in total. The first-order valence-electron chi connectivity index (χ1n) is 10.0. The molecule has 0 fully saturated rings. The van der Waals surface area contributed by atoms with Crippen molar-refractivity contribution in [3.05, 3.63) is 76.8 Å². The van der Waals surface area contributed by atoms with Crippen LogP contribution in [0.5, 0.6) is 0 Å². The predicted molar refractivity (Wildman–Crippen MR) is 123 cm³/mol. The second-order valence-corrected chi connectivity index (χ2v) is 7.79. The van der Waals surface area contributed by atoms with Crippen molar-refractivity contribution in [3.8, 4) is 0 Å². The van der Waals surface area contributed by atoms with Gasteiger partial charge >= 0.3 is 0 Å². The van der Waals surface area contributed by atoms with Gasteiger partial charge in [-0.05, 0) is 54.3 Å². The van der Waals surface area contributed by atoms with Crippen LogP contribution in [0, 0.1) is 6.92 Å². The number of anilines is 3. The van der Waals surface area contributed by atoms with Crippen LogP contribution in [-0.2, 0) is 4.79 Å². The molecular formula is C23H23ClN6O. The molecule has 1 aromatic heterocycles. The fraction of sp³-hybridized carbons (Fsp3) is 0.217. The van der Waals surface area contributed by atoms with Gasteiger partial charge in [0.05, 0.1) is 6.04 Å². The van der Waals surface area contributed by atoms with Gasteiger partial charge in [0, 0.05) is 29.9 Å². The maximum atomic E-state index is 11.4. The number of carbonyl (C=O) groups is 1. The third kappa shape index (κ3) is 5.07. The first-order valence-corrected chi connectivity index (χ1v) is 10.4. The fourth-order valence-corrected chi connectivity index (χ4v) is 3.66. The maximum absolute atomic E-state index is 11.4. The normalized spacial score (nSPS) is 15.8. The highest BCUT2D eigenvalue weighted by atomic mass is 35.5. The molecule has 1 aliphatic rings. The van der Waals surface area contributed by atoms with Crippen LogP contribution < -0.4 is 16.0 Å². The largest absolute Gasteiger partial charge is 0.326 e. The second kappa shape index (κ2) is 9.24. The Morgan fingerprint density at radius 1 is 1.13 bits per heavy atom. The molecule has 2 aromatic carbocycles. The summed E-state index contributed by atoms with van der Waals surface area (Å²) >= 11 is 6.02. The molecule has 0 bridgehead atoms. The Labute approximate surface area is 186 Å². The number of rotatable bonds is 5. The summed E-state index contributed by atoms with van der Waals surface area (Å²) < 4.78 is 0. The summed E-state index contributed by atoms with van der Waals surface area (Å²) in [4.78, 5) is 24.7. The predicted octanol–water partition coefficient (Wildman–Crippen LogP) is 4.65. The summed E-state index contributed by atoms with van der Waals surface area (Å²) in [5, 5.41) is 10.2. The van der Waals surface area contributed by atoms with Crippen LogP contribution in [0.2, 0.25) is 5.02 Å². The summed E-state index contributed by atoms with van der Waals surface area (Å²) in [6.45, 7) is 4.15. The van der Waals surface area contributed by atoms with Crippen LogP contribution in [0.3, 0.4) is 0 Å². The zero-order chi connectivity index (χ0) is 21.8. The van der Waals surface area contributed by atoms with Crippen molar-refractivity contribution < 1.29 is 4.79 Å². The summed E-state index contributed by atoms with van der Waals surface area (Å²) in [7, 11) is 0. The first-order chi connectivity index (χ1) is 15.0. The Hall–Kier alpha value is -3.29. The van der Waals surface area contributed by atoms with Gasteiger partial charge in [-0.1, -0.05) is 35.9 Å². The number of benzene rings is 2. The van der Waals surface area contributed by atoms with Crippen LogP contribution in [-0.4, -0.2) is 27.4 Å². The van der Waals surface area contributed by atoms with E-state index >= 15 is 0 Å². The minimum Gasteiger partial charge on any atom is -0.326 e. The van der Waals surface area contributed by atoms with Crippen molar-refractivity contribution in [1.29, 1.82) is 0 Å². The zero-order valence-electron chi connectivity index (χ0n) is 17.3. The number of aromatic nitrogens is 3. The standard InChI is InChI=1S/C23H23ClN6O/c1-14-19(28-15(2)31)4-3-5-20(14)29-23-27-13-26-22(30-23)21-12-17(10-11-25-21)16-6-8-18(24)9-7-16/h3-10,13,21,25H,11-12H2,1-2H3,(H,28,31)(H,26,27,29,30). The highest BCUT2D eigenvalue weighted by molar-refractivity contribution is 6.30. The molecule has 1 unspecified atom stereocenters. The van der Waals surface area contributed by atoms with Gasteiger partial charge < -0.3 is 16.0 Å². The van der Waals surface area contributed by atoms with Crippen LogP contribution >= 0.6 is 11.6 Å². The molecule has 31 heavy (non-hydrogen) atoms. The Morgan fingerprint density at radius 3 is 2.68 bits per heavy atom. The van der Waals surface area contributed by atoms with Crippen LogP contribution in [0.25, 0.3) is 5.57 Å². The molecule has 0 spiro atoms. The lowest BCUT2D eigenvalue weighted by Gasteiger charge is -2.23. The van der Waals surface area contributed by atoms with Crippen molar-refractivity contribution in [2.45, 2.75) is 26.3 Å². The van der Waals surface area contributed by atoms with Gasteiger partial charge in [-0.25, -0.2) is 9.97 Å². The lowest BCUT2D eigenvalue weighted by molar-refractivity contribution is -0.114. The second-order valence-electron chi connectivity index (χ2n) is 7.35. The van der Waals surface area contributed by atoms with E-state index in [1.807, 2.05) is 49.4 Å². The van der Waals surface area contributed by atoms with E-state index in [2.05, 4.69) is 37.0 Å². The Balaban J connectivity index is 1.52. The number of carbonyl (C=O) groups excluding carboxylic acids is 1. The van der Waals surface area contributed by atoms with Gasteiger partial charge in [0.1, 0.15) is 6.33 Å². The minimum atomic E-state index is -0.115. The lowest BCUT2D eigenvalue weighted by Crippen LogP contribution is -2.27. The minimum absolute atomic E-state index is 0.0222. The molecule has 1 aliphatic heterocycles. The summed E-state index contributed by atoms with van der Waals surface area (Å²) in [5.74, 6) is 1.01. The average molecular weight is 435 g/mol. The van der Waals surface area contributed by atoms with Crippen LogP contribution in [0.4, 0.5) is 17.3 Å².